The minimum atomic E-state index is 0. The van der Waals surface area contributed by atoms with Crippen molar-refractivity contribution in [2.24, 2.45) is 0 Å². The molecule has 0 saturated heterocycles. The molecular weight excluding hydrogens is 308 g/mol. The number of rotatable bonds is 0. The van der Waals surface area contributed by atoms with Crippen molar-refractivity contribution in [2.45, 2.75) is 19.5 Å². The summed E-state index contributed by atoms with van der Waals surface area (Å²) < 4.78 is 0. The van der Waals surface area contributed by atoms with Crippen molar-refractivity contribution in [1.29, 1.82) is 0 Å². The van der Waals surface area contributed by atoms with Gasteiger partial charge in [0.15, 0.2) is 0 Å². The van der Waals surface area contributed by atoms with Gasteiger partial charge < -0.3 is 5.48 Å². The SMILES string of the molecule is O.[CH3][Sb][CH3].[CH3][Sb][CH3]. The Bertz CT molecular complexity index is 11.7. The van der Waals surface area contributed by atoms with Gasteiger partial charge in [0.1, 0.15) is 0 Å². The van der Waals surface area contributed by atoms with Crippen LogP contribution in [0, 0.1) is 0 Å². The molecule has 2 N–H and O–H groups in total. The van der Waals surface area contributed by atoms with Crippen molar-refractivity contribution in [3.8, 4) is 0 Å². The molecule has 3 heteroatoms. The van der Waals surface area contributed by atoms with Crippen LogP contribution in [0.25, 0.3) is 0 Å². The van der Waals surface area contributed by atoms with Gasteiger partial charge in [-0.25, -0.2) is 0 Å². The van der Waals surface area contributed by atoms with Crippen LogP contribution in [0.5, 0.6) is 0 Å². The van der Waals surface area contributed by atoms with Crippen LogP contribution in [-0.2, 0) is 0 Å². The van der Waals surface area contributed by atoms with Gasteiger partial charge in [-0.1, -0.05) is 0 Å². The molecule has 0 aromatic heterocycles. The van der Waals surface area contributed by atoms with Gasteiger partial charge in [0.05, 0.1) is 0 Å². The maximum absolute atomic E-state index is 2.28. The Morgan fingerprint density at radius 3 is 0.714 bits per heavy atom. The Hall–Kier alpha value is 1.60. The summed E-state index contributed by atoms with van der Waals surface area (Å²) in [6.07, 6.45) is 0. The third kappa shape index (κ3) is 93.4. The van der Waals surface area contributed by atoms with E-state index in [2.05, 4.69) is 19.5 Å². The van der Waals surface area contributed by atoms with E-state index < -0.39 is 0 Å². The van der Waals surface area contributed by atoms with Crippen LogP contribution >= 0.6 is 0 Å². The average molecular weight is 322 g/mol. The monoisotopic (exact) mass is 320 g/mol. The van der Waals surface area contributed by atoms with Gasteiger partial charge in [-0.2, -0.15) is 0 Å². The summed E-state index contributed by atoms with van der Waals surface area (Å²) in [5, 5.41) is 0. The number of hydrogen-bond acceptors (Lipinski definition) is 0. The first kappa shape index (κ1) is 15.8. The Kier molecular flexibility index (Phi) is 57.8. The summed E-state index contributed by atoms with van der Waals surface area (Å²) in [6, 6.07) is 0. The molecule has 0 atom stereocenters. The second-order valence-electron chi connectivity index (χ2n) is 0.894. The van der Waals surface area contributed by atoms with Crippen molar-refractivity contribution in [3.05, 3.63) is 0 Å². The molecule has 0 saturated carbocycles. The van der Waals surface area contributed by atoms with Crippen LogP contribution in [0.4, 0.5) is 0 Å². The molecule has 0 aromatic carbocycles. The molecular formula is C4H14OSb2. The van der Waals surface area contributed by atoms with E-state index in [0.717, 1.165) is 0 Å². The van der Waals surface area contributed by atoms with Crippen molar-refractivity contribution in [3.63, 3.8) is 0 Å². The fraction of sp³-hybridized carbons (Fsp3) is 1.00. The molecule has 0 fully saturated rings. The van der Waals surface area contributed by atoms with E-state index in [1.165, 1.54) is 0 Å². The van der Waals surface area contributed by atoms with E-state index in [0.29, 0.717) is 43.2 Å². The zero-order valence-electron chi connectivity index (χ0n) is 5.39. The van der Waals surface area contributed by atoms with Crippen molar-refractivity contribution >= 4 is 43.2 Å². The summed E-state index contributed by atoms with van der Waals surface area (Å²) in [6.45, 7) is 0. The molecule has 0 rings (SSSR count). The Labute approximate surface area is 67.6 Å². The van der Waals surface area contributed by atoms with Crippen LogP contribution < -0.4 is 0 Å². The third-order valence-electron chi connectivity index (χ3n) is 0. The van der Waals surface area contributed by atoms with E-state index >= 15 is 0 Å². The van der Waals surface area contributed by atoms with Crippen LogP contribution in [-0.4, -0.2) is 48.7 Å². The maximum atomic E-state index is 2.28. The third-order valence-corrected chi connectivity index (χ3v) is 0. The first-order valence-electron chi connectivity index (χ1n) is 1.79. The molecule has 0 spiro atoms. The molecule has 0 unspecified atom stereocenters. The molecule has 1 nitrogen and oxygen atoms in total. The Morgan fingerprint density at radius 2 is 0.714 bits per heavy atom. The summed E-state index contributed by atoms with van der Waals surface area (Å²) in [5.41, 5.74) is 0. The predicted octanol–water partition coefficient (Wildman–Crippen LogP) is 0.749. The summed E-state index contributed by atoms with van der Waals surface area (Å²) >= 11 is 0.700. The van der Waals surface area contributed by atoms with Crippen LogP contribution in [0.2, 0.25) is 19.5 Å². The average Bonchev–Trinajstić information content (AvgIpc) is 1.39. The van der Waals surface area contributed by atoms with Crippen LogP contribution in [0.15, 0.2) is 0 Å². The molecule has 0 aliphatic heterocycles. The molecule has 2 radical (unpaired) electrons. The quantitative estimate of drug-likeness (QED) is 0.590. The van der Waals surface area contributed by atoms with E-state index in [1.54, 1.807) is 0 Å². The molecule has 7 heavy (non-hydrogen) atoms. The molecule has 0 amide bonds. The predicted molar refractivity (Wildman–Crippen MR) is 38.6 cm³/mol. The molecule has 0 aliphatic carbocycles. The van der Waals surface area contributed by atoms with Gasteiger partial charge in [0, 0.05) is 0 Å². The van der Waals surface area contributed by atoms with Gasteiger partial charge in [-0.15, -0.1) is 0 Å². The summed E-state index contributed by atoms with van der Waals surface area (Å²) in [5.74, 6) is 0. The zero-order chi connectivity index (χ0) is 5.41. The van der Waals surface area contributed by atoms with Gasteiger partial charge in [-0.3, -0.25) is 0 Å². The normalized spacial score (nSPS) is 5.14. The topological polar surface area (TPSA) is 31.5 Å². The van der Waals surface area contributed by atoms with Gasteiger partial charge >= 0.3 is 62.7 Å². The Balaban J connectivity index is -0.0000000400. The zero-order valence-corrected chi connectivity index (χ0v) is 10.5. The van der Waals surface area contributed by atoms with Crippen molar-refractivity contribution in [2.75, 3.05) is 0 Å². The molecule has 0 bridgehead atoms. The summed E-state index contributed by atoms with van der Waals surface area (Å²) in [7, 11) is 0. The van der Waals surface area contributed by atoms with Gasteiger partial charge in [0.25, 0.3) is 0 Å². The van der Waals surface area contributed by atoms with Crippen molar-refractivity contribution in [1.82, 2.24) is 0 Å². The molecule has 0 aliphatic rings. The summed E-state index contributed by atoms with van der Waals surface area (Å²) in [4.78, 5) is 9.10. The van der Waals surface area contributed by atoms with E-state index in [1.807, 2.05) is 0 Å². The van der Waals surface area contributed by atoms with Crippen LogP contribution in [0.3, 0.4) is 0 Å². The second kappa shape index (κ2) is 25.6. The van der Waals surface area contributed by atoms with E-state index in [-0.39, 0.29) is 5.48 Å². The standard InChI is InChI=1S/4CH3.H2O.2Sb/h4*1H3;1H2;;. The first-order valence-corrected chi connectivity index (χ1v) is 12.0. The van der Waals surface area contributed by atoms with E-state index in [4.69, 9.17) is 0 Å². The molecule has 0 aromatic rings. The molecule has 0 heterocycles. The molecule has 46 valence electrons. The second-order valence-corrected chi connectivity index (χ2v) is 6.00. The Morgan fingerprint density at radius 1 is 0.714 bits per heavy atom. The van der Waals surface area contributed by atoms with Crippen molar-refractivity contribution < 1.29 is 5.48 Å². The first-order chi connectivity index (χ1) is 2.83. The number of hydrogen-bond donors (Lipinski definition) is 0. The minimum absolute atomic E-state index is 0. The van der Waals surface area contributed by atoms with Gasteiger partial charge in [-0.05, 0) is 0 Å². The fourth-order valence-electron chi connectivity index (χ4n) is 0. The van der Waals surface area contributed by atoms with Gasteiger partial charge in [0.2, 0.25) is 0 Å². The van der Waals surface area contributed by atoms with Crippen LogP contribution in [0.1, 0.15) is 0 Å². The fourth-order valence-corrected chi connectivity index (χ4v) is 0. The van der Waals surface area contributed by atoms with E-state index in [9.17, 15) is 0 Å².